The molecule has 0 bridgehead atoms. The molecule has 9 nitrogen and oxygen atoms in total. The van der Waals surface area contributed by atoms with Crippen LogP contribution >= 0.6 is 11.8 Å². The van der Waals surface area contributed by atoms with E-state index in [9.17, 15) is 9.59 Å². The first-order valence-corrected chi connectivity index (χ1v) is 9.33. The first-order valence-electron chi connectivity index (χ1n) is 8.35. The van der Waals surface area contributed by atoms with Crippen molar-refractivity contribution in [3.05, 3.63) is 12.4 Å². The van der Waals surface area contributed by atoms with E-state index in [2.05, 4.69) is 14.9 Å². The van der Waals surface area contributed by atoms with Crippen molar-refractivity contribution in [1.29, 1.82) is 0 Å². The van der Waals surface area contributed by atoms with Gasteiger partial charge in [0.15, 0.2) is 0 Å². The summed E-state index contributed by atoms with van der Waals surface area (Å²) < 4.78 is 10.6. The molecular weight excluding hydrogens is 360 g/mol. The highest BCUT2D eigenvalue weighted by molar-refractivity contribution is 7.99. The summed E-state index contributed by atoms with van der Waals surface area (Å²) in [6.45, 7) is 4.44. The molecule has 1 aliphatic rings. The van der Waals surface area contributed by atoms with E-state index in [1.165, 1.54) is 11.8 Å². The molecule has 0 saturated carbocycles. The van der Waals surface area contributed by atoms with E-state index >= 15 is 0 Å². The Morgan fingerprint density at radius 3 is 3.04 bits per heavy atom. The summed E-state index contributed by atoms with van der Waals surface area (Å²) in [5.41, 5.74) is 0. The number of carbonyl (C=O) groups is 2. The highest BCUT2D eigenvalue weighted by Crippen LogP contribution is 2.20. The number of esters is 1. The van der Waals surface area contributed by atoms with E-state index in [1.54, 1.807) is 31.3 Å². The largest absolute Gasteiger partial charge is 0.480 e. The first kappa shape index (κ1) is 20.4. The van der Waals surface area contributed by atoms with Crippen molar-refractivity contribution in [3.8, 4) is 0 Å². The summed E-state index contributed by atoms with van der Waals surface area (Å²) in [6.07, 6.45) is 3.19. The molecule has 26 heavy (non-hydrogen) atoms. The van der Waals surface area contributed by atoms with Crippen LogP contribution < -0.4 is 4.90 Å². The van der Waals surface area contributed by atoms with Gasteiger partial charge < -0.3 is 19.5 Å². The van der Waals surface area contributed by atoms with E-state index in [4.69, 9.17) is 14.6 Å². The number of carboxylic acid groups (broad SMARTS) is 1. The molecule has 0 aliphatic carbocycles. The van der Waals surface area contributed by atoms with Crippen LogP contribution in [0.15, 0.2) is 17.4 Å². The zero-order valence-corrected chi connectivity index (χ0v) is 15.8. The number of ether oxygens (including phenoxy) is 2. The van der Waals surface area contributed by atoms with Crippen LogP contribution in [0.5, 0.6) is 0 Å². The number of rotatable bonds is 9. The lowest BCUT2D eigenvalue weighted by molar-refractivity contribution is -0.140. The summed E-state index contributed by atoms with van der Waals surface area (Å²) in [5.74, 6) is -0.236. The summed E-state index contributed by atoms with van der Waals surface area (Å²) in [5, 5.41) is 9.50. The van der Waals surface area contributed by atoms with Gasteiger partial charge in [0.05, 0.1) is 44.0 Å². The van der Waals surface area contributed by atoms with Gasteiger partial charge in [-0.2, -0.15) is 0 Å². The third-order valence-electron chi connectivity index (χ3n) is 3.63. The molecule has 0 aromatic carbocycles. The van der Waals surface area contributed by atoms with Gasteiger partial charge in [-0.15, -0.1) is 0 Å². The Morgan fingerprint density at radius 1 is 1.50 bits per heavy atom. The summed E-state index contributed by atoms with van der Waals surface area (Å²) in [7, 11) is 1.75. The van der Waals surface area contributed by atoms with E-state index in [0.29, 0.717) is 43.7 Å². The molecule has 0 spiro atoms. The molecule has 0 amide bonds. The monoisotopic (exact) mass is 384 g/mol. The number of anilines is 1. The van der Waals surface area contributed by atoms with Crippen LogP contribution in [-0.2, 0) is 19.1 Å². The number of likely N-dealkylation sites (N-methyl/N-ethyl adjacent to an activating group) is 1. The molecule has 1 aromatic rings. The van der Waals surface area contributed by atoms with Crippen LogP contribution in [0.2, 0.25) is 0 Å². The average Bonchev–Trinajstić information content (AvgIpc) is 2.60. The SMILES string of the molecule is CCOC(=O)CSc1cncc(N2CCOC(CN(C)CC(=O)O)C2)n1. The Morgan fingerprint density at radius 2 is 2.31 bits per heavy atom. The normalized spacial score (nSPS) is 17.3. The van der Waals surface area contributed by atoms with Crippen LogP contribution in [-0.4, -0.2) is 90.2 Å². The number of aromatic nitrogens is 2. The predicted molar refractivity (Wildman–Crippen MR) is 96.5 cm³/mol. The average molecular weight is 384 g/mol. The Labute approximate surface area is 156 Å². The lowest BCUT2D eigenvalue weighted by Gasteiger charge is -2.35. The maximum atomic E-state index is 11.5. The molecular formula is C16H24N4O5S. The maximum absolute atomic E-state index is 11.5. The summed E-state index contributed by atoms with van der Waals surface area (Å²) >= 11 is 1.29. The van der Waals surface area contributed by atoms with E-state index in [-0.39, 0.29) is 24.4 Å². The Hall–Kier alpha value is -1.91. The van der Waals surface area contributed by atoms with Crippen molar-refractivity contribution in [2.75, 3.05) is 57.1 Å². The number of hydrogen-bond donors (Lipinski definition) is 1. The topological polar surface area (TPSA) is 105 Å². The molecule has 1 atom stereocenters. The van der Waals surface area contributed by atoms with E-state index in [0.717, 1.165) is 0 Å². The van der Waals surface area contributed by atoms with Crippen LogP contribution in [0.1, 0.15) is 6.92 Å². The number of carboxylic acids is 1. The van der Waals surface area contributed by atoms with Crippen molar-refractivity contribution in [3.63, 3.8) is 0 Å². The molecule has 2 heterocycles. The minimum atomic E-state index is -0.864. The molecule has 0 radical (unpaired) electrons. The minimum absolute atomic E-state index is 0.0281. The second-order valence-electron chi connectivity index (χ2n) is 5.84. The van der Waals surface area contributed by atoms with Gasteiger partial charge in [-0.1, -0.05) is 11.8 Å². The summed E-state index contributed by atoms with van der Waals surface area (Å²) in [6, 6.07) is 0. The molecule has 144 valence electrons. The number of morpholine rings is 1. The maximum Gasteiger partial charge on any atom is 0.317 e. The van der Waals surface area contributed by atoms with E-state index < -0.39 is 5.97 Å². The zero-order valence-electron chi connectivity index (χ0n) is 15.0. The smallest absolute Gasteiger partial charge is 0.317 e. The molecule has 1 aliphatic heterocycles. The quantitative estimate of drug-likeness (QED) is 0.474. The molecule has 1 saturated heterocycles. The fourth-order valence-electron chi connectivity index (χ4n) is 2.58. The minimum Gasteiger partial charge on any atom is -0.480 e. The third kappa shape index (κ3) is 6.77. The van der Waals surface area contributed by atoms with Crippen LogP contribution in [0.25, 0.3) is 0 Å². The molecule has 1 fully saturated rings. The standard InChI is InChI=1S/C16H24N4O5S/c1-3-24-16(23)11-26-14-7-17-6-13(18-14)20-4-5-25-12(9-20)8-19(2)10-15(21)22/h6-7,12H,3-5,8-11H2,1-2H3,(H,21,22). The van der Waals surface area contributed by atoms with Crippen molar-refractivity contribution < 1.29 is 24.2 Å². The van der Waals surface area contributed by atoms with Crippen LogP contribution in [0.4, 0.5) is 5.82 Å². The fraction of sp³-hybridized carbons (Fsp3) is 0.625. The number of hydrogen-bond acceptors (Lipinski definition) is 9. The van der Waals surface area contributed by atoms with Crippen LogP contribution in [0, 0.1) is 0 Å². The highest BCUT2D eigenvalue weighted by Gasteiger charge is 2.23. The molecule has 2 rings (SSSR count). The fourth-order valence-corrected chi connectivity index (χ4v) is 3.22. The molecule has 10 heteroatoms. The molecule has 1 unspecified atom stereocenters. The number of nitrogens with zero attached hydrogens (tertiary/aromatic N) is 4. The van der Waals surface area contributed by atoms with Gasteiger partial charge in [-0.25, -0.2) is 4.98 Å². The summed E-state index contributed by atoms with van der Waals surface area (Å²) in [4.78, 5) is 34.8. The Balaban J connectivity index is 1.91. The lowest BCUT2D eigenvalue weighted by atomic mass is 10.2. The number of thioether (sulfide) groups is 1. The Bertz CT molecular complexity index is 618. The van der Waals surface area contributed by atoms with Crippen molar-refractivity contribution in [1.82, 2.24) is 14.9 Å². The third-order valence-corrected chi connectivity index (χ3v) is 4.50. The highest BCUT2D eigenvalue weighted by atomic mass is 32.2. The van der Waals surface area contributed by atoms with Crippen molar-refractivity contribution in [2.24, 2.45) is 0 Å². The van der Waals surface area contributed by atoms with Gasteiger partial charge in [0, 0.05) is 19.6 Å². The number of aliphatic carboxylic acids is 1. The van der Waals surface area contributed by atoms with Crippen molar-refractivity contribution in [2.45, 2.75) is 18.1 Å². The zero-order chi connectivity index (χ0) is 18.9. The van der Waals surface area contributed by atoms with Gasteiger partial charge in [0.1, 0.15) is 10.8 Å². The van der Waals surface area contributed by atoms with Gasteiger partial charge >= 0.3 is 11.9 Å². The van der Waals surface area contributed by atoms with E-state index in [1.807, 2.05) is 0 Å². The number of carbonyl (C=O) groups excluding carboxylic acids is 1. The first-order chi connectivity index (χ1) is 12.5. The molecule has 1 aromatic heterocycles. The van der Waals surface area contributed by atoms with Gasteiger partial charge in [0.25, 0.3) is 0 Å². The lowest BCUT2D eigenvalue weighted by Crippen LogP contribution is -2.48. The van der Waals surface area contributed by atoms with Gasteiger partial charge in [-0.3, -0.25) is 19.5 Å². The predicted octanol–water partition coefficient (Wildman–Crippen LogP) is 0.353. The van der Waals surface area contributed by atoms with Gasteiger partial charge in [0.2, 0.25) is 0 Å². The second-order valence-corrected chi connectivity index (χ2v) is 6.83. The molecule has 1 N–H and O–H groups in total. The van der Waals surface area contributed by atoms with Crippen molar-refractivity contribution >= 4 is 29.5 Å². The van der Waals surface area contributed by atoms with Gasteiger partial charge in [-0.05, 0) is 14.0 Å². The Kier molecular flexibility index (Phi) is 8.07. The second kappa shape index (κ2) is 10.3. The van der Waals surface area contributed by atoms with Crippen LogP contribution in [0.3, 0.4) is 0 Å².